The molecule has 0 aliphatic carbocycles. The third-order valence-corrected chi connectivity index (χ3v) is 5.20. The number of rotatable bonds is 4. The van der Waals surface area contributed by atoms with E-state index in [0.29, 0.717) is 30.3 Å². The van der Waals surface area contributed by atoms with E-state index in [4.69, 9.17) is 13.7 Å². The van der Waals surface area contributed by atoms with Gasteiger partial charge in [0.15, 0.2) is 17.2 Å². The Morgan fingerprint density at radius 3 is 2.27 bits per heavy atom. The van der Waals surface area contributed by atoms with Crippen molar-refractivity contribution in [2.75, 3.05) is 13.2 Å². The van der Waals surface area contributed by atoms with Gasteiger partial charge >= 0.3 is 10.1 Å². The van der Waals surface area contributed by atoms with E-state index in [0.717, 1.165) is 5.56 Å². The molecule has 0 saturated carbocycles. The molecule has 3 aromatic carbocycles. The molecule has 1 heterocycles. The molecular weight excluding hydrogens is 352 g/mol. The Bertz CT molecular complexity index is 1030. The number of fused-ring (bicyclic) bond motifs is 1. The molecule has 132 valence electrons. The van der Waals surface area contributed by atoms with E-state index in [9.17, 15) is 8.42 Å². The lowest BCUT2D eigenvalue weighted by Crippen LogP contribution is -2.16. The van der Waals surface area contributed by atoms with Crippen LogP contribution in [0.5, 0.6) is 17.2 Å². The zero-order valence-electron chi connectivity index (χ0n) is 13.8. The lowest BCUT2D eigenvalue weighted by atomic mass is 10.1. The summed E-state index contributed by atoms with van der Waals surface area (Å²) in [6.45, 7) is 0.828. The van der Waals surface area contributed by atoms with Crippen molar-refractivity contribution in [1.82, 2.24) is 0 Å². The van der Waals surface area contributed by atoms with Crippen LogP contribution < -0.4 is 13.7 Å². The van der Waals surface area contributed by atoms with Crippen LogP contribution in [0.3, 0.4) is 0 Å². The minimum Gasteiger partial charge on any atom is -0.486 e. The molecule has 3 aromatic rings. The molecule has 5 nitrogen and oxygen atoms in total. The monoisotopic (exact) mass is 368 g/mol. The van der Waals surface area contributed by atoms with Crippen LogP contribution in [-0.2, 0) is 10.1 Å². The minimum atomic E-state index is -4.01. The smallest absolute Gasteiger partial charge is 0.339 e. The van der Waals surface area contributed by atoms with Gasteiger partial charge in [-0.2, -0.15) is 8.42 Å². The van der Waals surface area contributed by atoms with E-state index in [1.807, 2.05) is 42.5 Å². The molecule has 1 aliphatic rings. The topological polar surface area (TPSA) is 61.8 Å². The summed E-state index contributed by atoms with van der Waals surface area (Å²) in [5, 5.41) is 0. The normalized spacial score (nSPS) is 13.2. The fourth-order valence-corrected chi connectivity index (χ4v) is 3.71. The molecule has 0 spiro atoms. The Hall–Kier alpha value is -2.99. The number of hydrogen-bond donors (Lipinski definition) is 0. The summed E-state index contributed by atoms with van der Waals surface area (Å²) in [6.07, 6.45) is 0. The van der Waals surface area contributed by atoms with E-state index in [1.54, 1.807) is 18.2 Å². The summed E-state index contributed by atoms with van der Waals surface area (Å²) in [5.74, 6) is 1.20. The predicted molar refractivity (Wildman–Crippen MR) is 97.1 cm³/mol. The standard InChI is InChI=1S/C20H16O5S/c21-26(22,16-10-11-19-20(14-16)24-13-12-23-19)25-18-9-5-4-8-17(18)15-6-2-1-3-7-15/h1-11,14H,12-13H2. The van der Waals surface area contributed by atoms with Gasteiger partial charge in [0.25, 0.3) is 0 Å². The fourth-order valence-electron chi connectivity index (χ4n) is 2.74. The molecule has 0 bridgehead atoms. The summed E-state index contributed by atoms with van der Waals surface area (Å²) in [4.78, 5) is 0.0182. The van der Waals surface area contributed by atoms with Crippen LogP contribution in [0, 0.1) is 0 Å². The van der Waals surface area contributed by atoms with Crippen molar-refractivity contribution < 1.29 is 22.1 Å². The molecule has 0 saturated heterocycles. The van der Waals surface area contributed by atoms with E-state index >= 15 is 0 Å². The second kappa shape index (κ2) is 6.72. The Morgan fingerprint density at radius 1 is 0.769 bits per heavy atom. The molecule has 1 aliphatic heterocycles. The van der Waals surface area contributed by atoms with E-state index in [-0.39, 0.29) is 10.6 Å². The number of hydrogen-bond acceptors (Lipinski definition) is 5. The molecular formula is C20H16O5S. The third-order valence-electron chi connectivity index (χ3n) is 3.97. The average Bonchev–Trinajstić information content (AvgIpc) is 2.68. The largest absolute Gasteiger partial charge is 0.486 e. The molecule has 0 N–H and O–H groups in total. The highest BCUT2D eigenvalue weighted by molar-refractivity contribution is 7.87. The molecule has 6 heteroatoms. The average molecular weight is 368 g/mol. The highest BCUT2D eigenvalue weighted by atomic mass is 32.2. The second-order valence-electron chi connectivity index (χ2n) is 5.71. The highest BCUT2D eigenvalue weighted by Crippen LogP contribution is 2.35. The molecule has 0 aromatic heterocycles. The van der Waals surface area contributed by atoms with Gasteiger partial charge in [-0.05, 0) is 23.8 Å². The molecule has 0 unspecified atom stereocenters. The van der Waals surface area contributed by atoms with Gasteiger partial charge in [0.2, 0.25) is 0 Å². The predicted octanol–water partition coefficient (Wildman–Crippen LogP) is 3.89. The van der Waals surface area contributed by atoms with Gasteiger partial charge < -0.3 is 13.7 Å². The van der Waals surface area contributed by atoms with Gasteiger partial charge in [-0.3, -0.25) is 0 Å². The Morgan fingerprint density at radius 2 is 1.46 bits per heavy atom. The van der Waals surface area contributed by atoms with Crippen molar-refractivity contribution in [3.8, 4) is 28.4 Å². The van der Waals surface area contributed by atoms with Gasteiger partial charge in [0.1, 0.15) is 18.1 Å². The SMILES string of the molecule is O=S(=O)(Oc1ccccc1-c1ccccc1)c1ccc2c(c1)OCCO2. The summed E-state index contributed by atoms with van der Waals surface area (Å²) in [7, 11) is -4.01. The maximum Gasteiger partial charge on any atom is 0.339 e. The summed E-state index contributed by atoms with van der Waals surface area (Å²) >= 11 is 0. The molecule has 0 fully saturated rings. The minimum absolute atomic E-state index is 0.0182. The summed E-state index contributed by atoms with van der Waals surface area (Å²) in [6, 6.07) is 21.0. The van der Waals surface area contributed by atoms with Crippen molar-refractivity contribution in [2.24, 2.45) is 0 Å². The van der Waals surface area contributed by atoms with Crippen LogP contribution in [0.25, 0.3) is 11.1 Å². The van der Waals surface area contributed by atoms with Gasteiger partial charge in [-0.15, -0.1) is 0 Å². The zero-order chi connectivity index (χ0) is 18.0. The van der Waals surface area contributed by atoms with Gasteiger partial charge in [-0.25, -0.2) is 0 Å². The molecule has 0 radical (unpaired) electrons. The van der Waals surface area contributed by atoms with Crippen LogP contribution in [0.15, 0.2) is 77.7 Å². The number of benzene rings is 3. The van der Waals surface area contributed by atoms with Gasteiger partial charge in [-0.1, -0.05) is 48.5 Å². The summed E-state index contributed by atoms with van der Waals surface area (Å²) in [5.41, 5.74) is 1.58. The van der Waals surface area contributed by atoms with Crippen LogP contribution >= 0.6 is 0 Å². The first-order chi connectivity index (χ1) is 12.6. The zero-order valence-corrected chi connectivity index (χ0v) is 14.6. The molecule has 26 heavy (non-hydrogen) atoms. The first kappa shape index (κ1) is 16.5. The van der Waals surface area contributed by atoms with Crippen molar-refractivity contribution >= 4 is 10.1 Å². The van der Waals surface area contributed by atoms with Crippen molar-refractivity contribution in [2.45, 2.75) is 4.90 Å². The maximum atomic E-state index is 12.8. The summed E-state index contributed by atoms with van der Waals surface area (Å²) < 4.78 is 41.8. The van der Waals surface area contributed by atoms with Crippen LogP contribution in [0.1, 0.15) is 0 Å². The maximum absolute atomic E-state index is 12.8. The van der Waals surface area contributed by atoms with Crippen molar-refractivity contribution in [1.29, 1.82) is 0 Å². The second-order valence-corrected chi connectivity index (χ2v) is 7.25. The van der Waals surface area contributed by atoms with E-state index in [1.165, 1.54) is 12.1 Å². The van der Waals surface area contributed by atoms with Crippen molar-refractivity contribution in [3.63, 3.8) is 0 Å². The van der Waals surface area contributed by atoms with Crippen molar-refractivity contribution in [3.05, 3.63) is 72.8 Å². The fraction of sp³-hybridized carbons (Fsp3) is 0.100. The first-order valence-corrected chi connectivity index (χ1v) is 9.53. The van der Waals surface area contributed by atoms with Crippen LogP contribution in [0.2, 0.25) is 0 Å². The van der Waals surface area contributed by atoms with Gasteiger partial charge in [0, 0.05) is 11.6 Å². The van der Waals surface area contributed by atoms with Crippen LogP contribution in [-0.4, -0.2) is 21.6 Å². The number of para-hydroxylation sites is 1. The molecule has 0 amide bonds. The Kier molecular flexibility index (Phi) is 4.26. The molecule has 0 atom stereocenters. The van der Waals surface area contributed by atoms with E-state index in [2.05, 4.69) is 0 Å². The Labute approximate surface area is 151 Å². The van der Waals surface area contributed by atoms with Crippen LogP contribution in [0.4, 0.5) is 0 Å². The number of ether oxygens (including phenoxy) is 2. The lowest BCUT2D eigenvalue weighted by molar-refractivity contribution is 0.171. The Balaban J connectivity index is 1.69. The molecule has 4 rings (SSSR count). The quantitative estimate of drug-likeness (QED) is 0.654. The first-order valence-electron chi connectivity index (χ1n) is 8.12. The van der Waals surface area contributed by atoms with Gasteiger partial charge in [0.05, 0.1) is 0 Å². The highest BCUT2D eigenvalue weighted by Gasteiger charge is 2.22. The lowest BCUT2D eigenvalue weighted by Gasteiger charge is -2.19. The third kappa shape index (κ3) is 3.23. The van der Waals surface area contributed by atoms with E-state index < -0.39 is 10.1 Å².